The zero-order valence-electron chi connectivity index (χ0n) is 15.8. The van der Waals surface area contributed by atoms with Gasteiger partial charge in [0.1, 0.15) is 12.4 Å². The number of amides is 1. The number of para-hydroxylation sites is 1. The second-order valence-corrected chi connectivity index (χ2v) is 5.92. The molecule has 2 heterocycles. The minimum Gasteiger partial charge on any atom is -0.546 e. The Balaban J connectivity index is 1.77. The van der Waals surface area contributed by atoms with Crippen molar-refractivity contribution < 1.29 is 24.1 Å². The van der Waals surface area contributed by atoms with Crippen molar-refractivity contribution >= 4 is 23.9 Å². The molecule has 1 amide bonds. The number of nitrogens with zero attached hydrogens (tertiary/aromatic N) is 6. The third-order valence-corrected chi connectivity index (χ3v) is 3.80. The van der Waals surface area contributed by atoms with Crippen LogP contribution >= 0.6 is 0 Å². The lowest BCUT2D eigenvalue weighted by atomic mass is 10.2. The molecule has 30 heavy (non-hydrogen) atoms. The maximum absolute atomic E-state index is 12.5. The van der Waals surface area contributed by atoms with E-state index in [0.29, 0.717) is 24.1 Å². The molecule has 0 spiro atoms. The second-order valence-electron chi connectivity index (χ2n) is 5.92. The number of carboxylic acids is 1. The minimum atomic E-state index is -1.36. The number of hydrogen-bond donors (Lipinski definition) is 2. The van der Waals surface area contributed by atoms with Gasteiger partial charge < -0.3 is 20.4 Å². The van der Waals surface area contributed by atoms with Crippen molar-refractivity contribution in [3.8, 4) is 11.6 Å². The highest BCUT2D eigenvalue weighted by Gasteiger charge is 2.23. The van der Waals surface area contributed by atoms with Gasteiger partial charge in [-0.25, -0.2) is 10.1 Å². The molecule has 2 aromatic heterocycles. The quantitative estimate of drug-likeness (QED) is 0.328. The Labute approximate surface area is 169 Å². The van der Waals surface area contributed by atoms with E-state index in [9.17, 15) is 14.7 Å². The summed E-state index contributed by atoms with van der Waals surface area (Å²) < 4.78 is 11.0. The van der Waals surface area contributed by atoms with Crippen molar-refractivity contribution in [2.75, 3.05) is 12.3 Å². The predicted molar refractivity (Wildman–Crippen MR) is 99.6 cm³/mol. The Morgan fingerprint density at radius 1 is 1.37 bits per heavy atom. The number of carbonyl (C=O) groups is 2. The summed E-state index contributed by atoms with van der Waals surface area (Å²) in [7, 11) is 0. The van der Waals surface area contributed by atoms with Gasteiger partial charge in [-0.1, -0.05) is 30.7 Å². The summed E-state index contributed by atoms with van der Waals surface area (Å²) in [5, 5.41) is 29.4. The lowest BCUT2D eigenvalue weighted by Crippen LogP contribution is -2.29. The highest BCUT2D eigenvalue weighted by Crippen LogP contribution is 2.18. The first-order valence-corrected chi connectivity index (χ1v) is 8.79. The van der Waals surface area contributed by atoms with E-state index < -0.39 is 18.5 Å². The Kier molecular flexibility index (Phi) is 6.32. The van der Waals surface area contributed by atoms with Crippen LogP contribution < -0.4 is 21.0 Å². The lowest BCUT2D eigenvalue weighted by Gasteiger charge is -2.09. The maximum atomic E-state index is 12.5. The summed E-state index contributed by atoms with van der Waals surface area (Å²) in [6, 6.07) is 6.57. The molecule has 0 radical (unpaired) electrons. The van der Waals surface area contributed by atoms with Crippen LogP contribution in [0.4, 0.5) is 5.82 Å². The van der Waals surface area contributed by atoms with E-state index in [1.54, 1.807) is 24.3 Å². The standard InChI is InChI=1S/C17H18N8O5/c1-2-5-11-14(20-24-25(11)16-15(18)22-30-23-16)17(28)21-19-8-10-6-3-4-7-12(10)29-9-13(26)27/h3-4,6-8H,2,5,9H2,1H3,(H2,18,22)(H,21,28)(H,26,27)/p-1. The van der Waals surface area contributed by atoms with Gasteiger partial charge in [-0.3, -0.25) is 4.79 Å². The third-order valence-electron chi connectivity index (χ3n) is 3.80. The molecule has 0 aliphatic heterocycles. The highest BCUT2D eigenvalue weighted by molar-refractivity contribution is 5.94. The van der Waals surface area contributed by atoms with Crippen molar-refractivity contribution in [2.24, 2.45) is 5.10 Å². The number of anilines is 1. The van der Waals surface area contributed by atoms with E-state index in [2.05, 4.69) is 35.8 Å². The molecular weight excluding hydrogens is 396 g/mol. The van der Waals surface area contributed by atoms with Gasteiger partial charge in [-0.05, 0) is 28.9 Å². The minimum absolute atomic E-state index is 0.00963. The van der Waals surface area contributed by atoms with Gasteiger partial charge >= 0.3 is 0 Å². The van der Waals surface area contributed by atoms with E-state index in [4.69, 9.17) is 10.5 Å². The molecular formula is C17H17N8O5-. The monoisotopic (exact) mass is 413 g/mol. The van der Waals surface area contributed by atoms with Crippen LogP contribution in [-0.2, 0) is 11.2 Å². The van der Waals surface area contributed by atoms with Gasteiger partial charge in [0.15, 0.2) is 5.69 Å². The van der Waals surface area contributed by atoms with Crippen molar-refractivity contribution in [2.45, 2.75) is 19.8 Å². The number of rotatable bonds is 9. The fourth-order valence-corrected chi connectivity index (χ4v) is 2.52. The molecule has 0 aliphatic rings. The fourth-order valence-electron chi connectivity index (χ4n) is 2.52. The van der Waals surface area contributed by atoms with Gasteiger partial charge in [0.2, 0.25) is 11.6 Å². The summed E-state index contributed by atoms with van der Waals surface area (Å²) in [5.74, 6) is -1.55. The number of hydrazone groups is 1. The van der Waals surface area contributed by atoms with Gasteiger partial charge in [0.25, 0.3) is 5.91 Å². The zero-order chi connectivity index (χ0) is 21.5. The van der Waals surface area contributed by atoms with Crippen LogP contribution in [0.25, 0.3) is 5.82 Å². The van der Waals surface area contributed by atoms with E-state index in [-0.39, 0.29) is 23.1 Å². The first kappa shape index (κ1) is 20.4. The number of nitrogens with one attached hydrogen (secondary N) is 1. The number of nitrogens with two attached hydrogens (primary N) is 1. The average molecular weight is 413 g/mol. The number of ether oxygens (including phenoxy) is 1. The van der Waals surface area contributed by atoms with Crippen molar-refractivity contribution in [3.05, 3.63) is 41.2 Å². The summed E-state index contributed by atoms with van der Waals surface area (Å²) >= 11 is 0. The molecule has 13 nitrogen and oxygen atoms in total. The Hall–Kier alpha value is -4.29. The van der Waals surface area contributed by atoms with Gasteiger partial charge in [-0.15, -0.1) is 5.10 Å². The summed E-state index contributed by atoms with van der Waals surface area (Å²) in [4.78, 5) is 23.1. The first-order valence-electron chi connectivity index (χ1n) is 8.79. The largest absolute Gasteiger partial charge is 0.546 e. The SMILES string of the molecule is CCCc1c(C(=O)NN=Cc2ccccc2OCC(=O)[O-])nnn1-c1nonc1N. The molecule has 3 aromatic rings. The molecule has 1 aromatic carbocycles. The number of carbonyl (C=O) groups excluding carboxylic acids is 2. The molecule has 0 saturated heterocycles. The normalized spacial score (nSPS) is 11.0. The molecule has 0 bridgehead atoms. The second kappa shape index (κ2) is 9.27. The van der Waals surface area contributed by atoms with Crippen LogP contribution in [0.2, 0.25) is 0 Å². The van der Waals surface area contributed by atoms with Gasteiger partial charge in [0, 0.05) is 5.56 Å². The number of aromatic nitrogens is 5. The van der Waals surface area contributed by atoms with E-state index in [1.165, 1.54) is 10.9 Å². The molecule has 0 atom stereocenters. The van der Waals surface area contributed by atoms with Crippen LogP contribution in [0.5, 0.6) is 5.75 Å². The van der Waals surface area contributed by atoms with Crippen LogP contribution in [0.15, 0.2) is 34.0 Å². The van der Waals surface area contributed by atoms with Crippen LogP contribution in [0.3, 0.4) is 0 Å². The topological polar surface area (TPSA) is 186 Å². The molecule has 0 fully saturated rings. The van der Waals surface area contributed by atoms with Crippen LogP contribution in [0.1, 0.15) is 35.1 Å². The number of aliphatic carboxylic acids is 1. The molecule has 3 N–H and O–H groups in total. The molecule has 0 saturated carbocycles. The molecule has 13 heteroatoms. The molecule has 0 unspecified atom stereocenters. The number of nitrogen functional groups attached to an aromatic ring is 1. The maximum Gasteiger partial charge on any atom is 0.293 e. The summed E-state index contributed by atoms with van der Waals surface area (Å²) in [6.07, 6.45) is 2.48. The average Bonchev–Trinajstić information content (AvgIpc) is 3.33. The highest BCUT2D eigenvalue weighted by atomic mass is 16.6. The summed E-state index contributed by atoms with van der Waals surface area (Å²) in [5.41, 5.74) is 9.00. The van der Waals surface area contributed by atoms with Crippen LogP contribution in [-0.4, -0.2) is 50.0 Å². The zero-order valence-corrected chi connectivity index (χ0v) is 15.8. The third kappa shape index (κ3) is 4.57. The lowest BCUT2D eigenvalue weighted by molar-refractivity contribution is -0.307. The van der Waals surface area contributed by atoms with E-state index >= 15 is 0 Å². The van der Waals surface area contributed by atoms with Crippen LogP contribution in [0, 0.1) is 0 Å². The number of hydrogen-bond acceptors (Lipinski definition) is 11. The fraction of sp³-hybridized carbons (Fsp3) is 0.235. The summed E-state index contributed by atoms with van der Waals surface area (Å²) in [6.45, 7) is 1.31. The van der Waals surface area contributed by atoms with E-state index in [1.807, 2.05) is 6.92 Å². The van der Waals surface area contributed by atoms with Crippen molar-refractivity contribution in [1.29, 1.82) is 0 Å². The Bertz CT molecular complexity index is 1070. The number of benzene rings is 1. The Morgan fingerprint density at radius 3 is 2.87 bits per heavy atom. The smallest absolute Gasteiger partial charge is 0.293 e. The van der Waals surface area contributed by atoms with Crippen molar-refractivity contribution in [1.82, 2.24) is 30.7 Å². The number of carboxylic acid groups (broad SMARTS) is 1. The predicted octanol–water partition coefficient (Wildman–Crippen LogP) is -0.922. The van der Waals surface area contributed by atoms with E-state index in [0.717, 1.165) is 0 Å². The first-order chi connectivity index (χ1) is 14.5. The van der Waals surface area contributed by atoms with Gasteiger partial charge in [0.05, 0.1) is 17.9 Å². The van der Waals surface area contributed by atoms with Gasteiger partial charge in [-0.2, -0.15) is 9.78 Å². The Morgan fingerprint density at radius 2 is 2.17 bits per heavy atom. The molecule has 0 aliphatic carbocycles. The molecule has 3 rings (SSSR count). The molecule has 156 valence electrons. The van der Waals surface area contributed by atoms with Crippen molar-refractivity contribution in [3.63, 3.8) is 0 Å².